The molecule has 0 bridgehead atoms. The summed E-state index contributed by atoms with van der Waals surface area (Å²) in [6, 6.07) is 21.8. The van der Waals surface area contributed by atoms with Crippen molar-refractivity contribution >= 4 is 45.0 Å². The third kappa shape index (κ3) is 4.83. The van der Waals surface area contributed by atoms with Gasteiger partial charge in [0, 0.05) is 21.9 Å². The molecule has 0 spiro atoms. The number of carbonyl (C=O) groups is 1. The van der Waals surface area contributed by atoms with Crippen molar-refractivity contribution in [3.63, 3.8) is 0 Å². The lowest BCUT2D eigenvalue weighted by molar-refractivity contribution is -0.113. The van der Waals surface area contributed by atoms with Crippen LogP contribution >= 0.6 is 23.1 Å². The minimum absolute atomic E-state index is 0.165. The molecule has 8 heteroatoms. The third-order valence-corrected chi connectivity index (χ3v) is 6.90. The average molecular weight is 487 g/mol. The van der Waals surface area contributed by atoms with Gasteiger partial charge in [0.2, 0.25) is 5.91 Å². The van der Waals surface area contributed by atoms with Gasteiger partial charge < -0.3 is 5.32 Å². The molecule has 5 nitrogen and oxygen atoms in total. The molecule has 1 amide bonds. The topological polar surface area (TPSA) is 67.8 Å². The first-order valence-electron chi connectivity index (χ1n) is 10.5. The molecule has 0 unspecified atom stereocenters. The van der Waals surface area contributed by atoms with Crippen LogP contribution in [0.4, 0.5) is 9.52 Å². The van der Waals surface area contributed by atoms with Crippen LogP contribution in [-0.4, -0.2) is 26.6 Å². The zero-order valence-electron chi connectivity index (χ0n) is 18.2. The summed E-state index contributed by atoms with van der Waals surface area (Å²) in [4.78, 5) is 26.6. The maximum Gasteiger partial charge on any atom is 0.236 e. The molecule has 0 aliphatic carbocycles. The number of amides is 1. The Morgan fingerprint density at radius 1 is 0.941 bits per heavy atom. The van der Waals surface area contributed by atoms with E-state index < -0.39 is 0 Å². The minimum atomic E-state index is -0.315. The molecule has 1 N–H and O–H groups in total. The van der Waals surface area contributed by atoms with Crippen LogP contribution in [0.5, 0.6) is 0 Å². The monoisotopic (exact) mass is 486 g/mol. The van der Waals surface area contributed by atoms with Gasteiger partial charge >= 0.3 is 0 Å². The van der Waals surface area contributed by atoms with Crippen LogP contribution in [0.2, 0.25) is 0 Å². The Morgan fingerprint density at radius 2 is 1.74 bits per heavy atom. The van der Waals surface area contributed by atoms with Crippen molar-refractivity contribution in [1.29, 1.82) is 0 Å². The fourth-order valence-corrected chi connectivity index (χ4v) is 5.01. The second kappa shape index (κ2) is 9.70. The Kier molecular flexibility index (Phi) is 6.33. The van der Waals surface area contributed by atoms with E-state index >= 15 is 0 Å². The number of thioether (sulfide) groups is 1. The number of rotatable bonds is 6. The van der Waals surface area contributed by atoms with E-state index in [-0.39, 0.29) is 17.5 Å². The number of aryl methyl sites for hydroxylation is 1. The van der Waals surface area contributed by atoms with Crippen LogP contribution in [0.3, 0.4) is 0 Å². The molecule has 34 heavy (non-hydrogen) atoms. The van der Waals surface area contributed by atoms with Crippen molar-refractivity contribution in [3.05, 3.63) is 89.6 Å². The van der Waals surface area contributed by atoms with Crippen molar-refractivity contribution in [1.82, 2.24) is 15.0 Å². The van der Waals surface area contributed by atoms with Crippen molar-refractivity contribution < 1.29 is 9.18 Å². The number of hydrogen-bond acceptors (Lipinski definition) is 6. The standard InChI is InChI=1S/C26H19FN4OS2/c1-16-6-5-9-20-23(16)30-24(18-10-12-19(27)13-11-18)31-25(20)33-15-22(32)29-26-28-21(14-34-26)17-7-3-2-4-8-17/h2-14H,15H2,1H3,(H,28,29,32). The summed E-state index contributed by atoms with van der Waals surface area (Å²) in [5, 5.41) is 6.94. The summed E-state index contributed by atoms with van der Waals surface area (Å²) >= 11 is 2.73. The minimum Gasteiger partial charge on any atom is -0.301 e. The van der Waals surface area contributed by atoms with Gasteiger partial charge in [-0.3, -0.25) is 4.79 Å². The molecule has 0 saturated carbocycles. The number of anilines is 1. The summed E-state index contributed by atoms with van der Waals surface area (Å²) < 4.78 is 13.4. The van der Waals surface area contributed by atoms with Gasteiger partial charge in [0.05, 0.1) is 17.0 Å². The molecule has 5 aromatic rings. The molecule has 0 saturated heterocycles. The van der Waals surface area contributed by atoms with Crippen molar-refractivity contribution in [2.45, 2.75) is 11.9 Å². The molecule has 2 heterocycles. The first-order valence-corrected chi connectivity index (χ1v) is 12.4. The summed E-state index contributed by atoms with van der Waals surface area (Å²) in [5.41, 5.74) is 4.37. The van der Waals surface area contributed by atoms with Crippen molar-refractivity contribution in [2.24, 2.45) is 0 Å². The Balaban J connectivity index is 1.36. The highest BCUT2D eigenvalue weighted by molar-refractivity contribution is 8.00. The molecule has 168 valence electrons. The lowest BCUT2D eigenvalue weighted by atomic mass is 10.1. The lowest BCUT2D eigenvalue weighted by Crippen LogP contribution is -2.14. The first-order chi connectivity index (χ1) is 16.6. The summed E-state index contributed by atoms with van der Waals surface area (Å²) in [6.45, 7) is 1.98. The normalized spacial score (nSPS) is 11.0. The molecule has 0 aliphatic rings. The van der Waals surface area contributed by atoms with E-state index in [9.17, 15) is 9.18 Å². The number of carbonyl (C=O) groups excluding carboxylic acids is 1. The molecule has 2 aromatic heterocycles. The predicted molar refractivity (Wildman–Crippen MR) is 137 cm³/mol. The smallest absolute Gasteiger partial charge is 0.236 e. The van der Waals surface area contributed by atoms with Gasteiger partial charge in [0.1, 0.15) is 10.8 Å². The number of halogens is 1. The largest absolute Gasteiger partial charge is 0.301 e. The number of thiazole rings is 1. The van der Waals surface area contributed by atoms with Crippen LogP contribution < -0.4 is 5.32 Å². The highest BCUT2D eigenvalue weighted by Crippen LogP contribution is 2.30. The van der Waals surface area contributed by atoms with E-state index in [4.69, 9.17) is 9.97 Å². The van der Waals surface area contributed by atoms with Gasteiger partial charge in [-0.05, 0) is 36.8 Å². The molecule has 0 radical (unpaired) electrons. The number of benzene rings is 3. The predicted octanol–water partition coefficient (Wildman–Crippen LogP) is 6.60. The van der Waals surface area contributed by atoms with Crippen LogP contribution in [0.1, 0.15) is 5.56 Å². The van der Waals surface area contributed by atoms with E-state index in [0.717, 1.165) is 27.7 Å². The van der Waals surface area contributed by atoms with Gasteiger partial charge in [-0.1, -0.05) is 60.3 Å². The number of para-hydroxylation sites is 1. The zero-order chi connectivity index (χ0) is 23.5. The third-order valence-electron chi connectivity index (χ3n) is 5.16. The summed E-state index contributed by atoms with van der Waals surface area (Å²) in [6.07, 6.45) is 0. The quantitative estimate of drug-likeness (QED) is 0.216. The van der Waals surface area contributed by atoms with Crippen molar-refractivity contribution in [3.8, 4) is 22.6 Å². The van der Waals surface area contributed by atoms with Crippen LogP contribution in [0, 0.1) is 12.7 Å². The van der Waals surface area contributed by atoms with Gasteiger partial charge in [-0.2, -0.15) is 0 Å². The maximum absolute atomic E-state index is 13.4. The highest BCUT2D eigenvalue weighted by Gasteiger charge is 2.14. The highest BCUT2D eigenvalue weighted by atomic mass is 32.2. The Bertz CT molecular complexity index is 1470. The fraction of sp³-hybridized carbons (Fsp3) is 0.0769. The number of nitrogens with zero attached hydrogens (tertiary/aromatic N) is 3. The lowest BCUT2D eigenvalue weighted by Gasteiger charge is -2.10. The molecule has 3 aromatic carbocycles. The van der Waals surface area contributed by atoms with Crippen LogP contribution in [-0.2, 0) is 4.79 Å². The van der Waals surface area contributed by atoms with E-state index in [0.29, 0.717) is 21.5 Å². The fourth-order valence-electron chi connectivity index (χ4n) is 3.47. The molecule has 5 rings (SSSR count). The molecule has 0 atom stereocenters. The van der Waals surface area contributed by atoms with Gasteiger partial charge in [0.15, 0.2) is 11.0 Å². The number of fused-ring (bicyclic) bond motifs is 1. The van der Waals surface area contributed by atoms with E-state index in [1.54, 1.807) is 12.1 Å². The van der Waals surface area contributed by atoms with Crippen LogP contribution in [0.25, 0.3) is 33.5 Å². The maximum atomic E-state index is 13.4. The molecular formula is C26H19FN4OS2. The number of aromatic nitrogens is 3. The summed E-state index contributed by atoms with van der Waals surface area (Å²) in [5.74, 6) is 0.187. The molecule has 0 fully saturated rings. The Morgan fingerprint density at radius 3 is 2.53 bits per heavy atom. The first kappa shape index (κ1) is 22.2. The number of hydrogen-bond donors (Lipinski definition) is 1. The van der Waals surface area contributed by atoms with Gasteiger partial charge in [-0.25, -0.2) is 19.3 Å². The Labute approximate surface area is 204 Å². The van der Waals surface area contributed by atoms with Crippen molar-refractivity contribution in [2.75, 3.05) is 11.1 Å². The number of nitrogens with one attached hydrogen (secondary N) is 1. The van der Waals surface area contributed by atoms with E-state index in [1.807, 2.05) is 60.8 Å². The SMILES string of the molecule is Cc1cccc2c(SCC(=O)Nc3nc(-c4ccccc4)cs3)nc(-c3ccc(F)cc3)nc12. The van der Waals surface area contributed by atoms with E-state index in [2.05, 4.69) is 10.3 Å². The van der Waals surface area contributed by atoms with E-state index in [1.165, 1.54) is 35.2 Å². The van der Waals surface area contributed by atoms with Gasteiger partial charge in [0.25, 0.3) is 0 Å². The summed E-state index contributed by atoms with van der Waals surface area (Å²) in [7, 11) is 0. The molecule has 0 aliphatic heterocycles. The van der Waals surface area contributed by atoms with Gasteiger partial charge in [-0.15, -0.1) is 11.3 Å². The zero-order valence-corrected chi connectivity index (χ0v) is 19.8. The molecular weight excluding hydrogens is 467 g/mol. The second-order valence-electron chi connectivity index (χ2n) is 7.57. The second-order valence-corrected chi connectivity index (χ2v) is 9.39. The Hall–Kier alpha value is -3.62. The average Bonchev–Trinajstić information content (AvgIpc) is 3.32. The van der Waals surface area contributed by atoms with Crippen LogP contribution in [0.15, 0.2) is 83.2 Å².